The number of nitrogens with zero attached hydrogens (tertiary/aromatic N) is 1. The average molecular weight is 216 g/mol. The van der Waals surface area contributed by atoms with Crippen LogP contribution in [0.1, 0.15) is 27.2 Å². The molecule has 1 amide bonds. The maximum absolute atomic E-state index is 11.8. The van der Waals surface area contributed by atoms with Crippen molar-refractivity contribution < 1.29 is 14.7 Å². The van der Waals surface area contributed by atoms with E-state index in [1.807, 2.05) is 13.8 Å². The second kappa shape index (κ2) is 6.40. The lowest BCUT2D eigenvalue weighted by Gasteiger charge is -2.29. The van der Waals surface area contributed by atoms with E-state index in [0.29, 0.717) is 0 Å². The molecule has 2 atom stereocenters. The highest BCUT2D eigenvalue weighted by Crippen LogP contribution is 2.05. The van der Waals surface area contributed by atoms with Crippen LogP contribution < -0.4 is 5.32 Å². The van der Waals surface area contributed by atoms with E-state index in [1.54, 1.807) is 14.0 Å². The predicted octanol–water partition coefficient (Wildman–Crippen LogP) is 0.306. The molecule has 0 aromatic rings. The van der Waals surface area contributed by atoms with E-state index in [-0.39, 0.29) is 24.5 Å². The summed E-state index contributed by atoms with van der Waals surface area (Å²) >= 11 is 0. The number of likely N-dealkylation sites (N-methyl/N-ethyl adjacent to an activating group) is 1. The van der Waals surface area contributed by atoms with Crippen LogP contribution in [0.15, 0.2) is 0 Å². The number of hydrogen-bond acceptors (Lipinski definition) is 3. The van der Waals surface area contributed by atoms with Gasteiger partial charge in [-0.25, -0.2) is 0 Å². The Balaban J connectivity index is 4.61. The fourth-order valence-electron chi connectivity index (χ4n) is 1.19. The van der Waals surface area contributed by atoms with E-state index in [9.17, 15) is 9.59 Å². The van der Waals surface area contributed by atoms with Crippen LogP contribution in [0.2, 0.25) is 0 Å². The number of rotatable bonds is 6. The summed E-state index contributed by atoms with van der Waals surface area (Å²) in [6.45, 7) is 5.26. The van der Waals surface area contributed by atoms with Crippen molar-refractivity contribution in [2.45, 2.75) is 39.3 Å². The molecule has 0 aromatic carbocycles. The van der Waals surface area contributed by atoms with Gasteiger partial charge in [-0.15, -0.1) is 0 Å². The highest BCUT2D eigenvalue weighted by Gasteiger charge is 2.24. The molecule has 2 N–H and O–H groups in total. The first-order valence-electron chi connectivity index (χ1n) is 5.13. The van der Waals surface area contributed by atoms with E-state index >= 15 is 0 Å². The minimum Gasteiger partial charge on any atom is -0.480 e. The molecular formula is C10H20N2O3. The summed E-state index contributed by atoms with van der Waals surface area (Å²) in [6, 6.07) is -0.400. The molecule has 0 spiro atoms. The lowest BCUT2D eigenvalue weighted by molar-refractivity contribution is -0.146. The lowest BCUT2D eigenvalue weighted by Crippen LogP contribution is -2.49. The first kappa shape index (κ1) is 13.9. The number of aliphatic carboxylic acids is 1. The quantitative estimate of drug-likeness (QED) is 0.670. The minimum absolute atomic E-state index is 0.0515. The van der Waals surface area contributed by atoms with Crippen LogP contribution in [0.25, 0.3) is 0 Å². The van der Waals surface area contributed by atoms with Gasteiger partial charge in [-0.1, -0.05) is 6.92 Å². The van der Waals surface area contributed by atoms with E-state index < -0.39 is 5.97 Å². The number of amides is 1. The average Bonchev–Trinajstić information content (AvgIpc) is 2.22. The van der Waals surface area contributed by atoms with Crippen molar-refractivity contribution in [3.05, 3.63) is 0 Å². The zero-order valence-corrected chi connectivity index (χ0v) is 9.78. The molecule has 0 aliphatic rings. The van der Waals surface area contributed by atoms with Crippen LogP contribution in [0.5, 0.6) is 0 Å². The Labute approximate surface area is 90.5 Å². The lowest BCUT2D eigenvalue weighted by atomic mass is 10.2. The van der Waals surface area contributed by atoms with E-state index in [1.165, 1.54) is 4.90 Å². The normalized spacial score (nSPS) is 14.4. The summed E-state index contributed by atoms with van der Waals surface area (Å²) in [5.41, 5.74) is 0. The summed E-state index contributed by atoms with van der Waals surface area (Å²) in [6.07, 6.45) is 0.745. The smallest absolute Gasteiger partial charge is 0.323 e. The third-order valence-corrected chi connectivity index (χ3v) is 2.52. The fourth-order valence-corrected chi connectivity index (χ4v) is 1.19. The molecule has 5 nitrogen and oxygen atoms in total. The molecule has 88 valence electrons. The topological polar surface area (TPSA) is 69.6 Å². The zero-order valence-electron chi connectivity index (χ0n) is 9.78. The van der Waals surface area contributed by atoms with Gasteiger partial charge in [-0.3, -0.25) is 9.59 Å². The minimum atomic E-state index is -0.980. The molecule has 0 aromatic heterocycles. The zero-order chi connectivity index (χ0) is 12.0. The third kappa shape index (κ3) is 4.29. The molecule has 0 fully saturated rings. The summed E-state index contributed by atoms with van der Waals surface area (Å²) in [4.78, 5) is 23.8. The van der Waals surface area contributed by atoms with Crippen molar-refractivity contribution in [1.29, 1.82) is 0 Å². The fraction of sp³-hybridized carbons (Fsp3) is 0.800. The molecule has 5 heteroatoms. The Hall–Kier alpha value is -1.10. The van der Waals surface area contributed by atoms with Crippen LogP contribution in [-0.4, -0.2) is 47.6 Å². The second-order valence-electron chi connectivity index (χ2n) is 3.63. The highest BCUT2D eigenvalue weighted by molar-refractivity contribution is 5.85. The Morgan fingerprint density at radius 3 is 2.27 bits per heavy atom. The number of carboxylic acid groups (broad SMARTS) is 1. The molecule has 0 radical (unpaired) electrons. The van der Waals surface area contributed by atoms with Crippen molar-refractivity contribution in [3.63, 3.8) is 0 Å². The van der Waals surface area contributed by atoms with Crippen LogP contribution in [0.3, 0.4) is 0 Å². The maximum atomic E-state index is 11.8. The summed E-state index contributed by atoms with van der Waals surface area (Å²) < 4.78 is 0. The number of hydrogen-bond donors (Lipinski definition) is 2. The van der Waals surface area contributed by atoms with Gasteiger partial charge in [-0.05, 0) is 27.3 Å². The molecule has 2 unspecified atom stereocenters. The van der Waals surface area contributed by atoms with Crippen molar-refractivity contribution >= 4 is 11.9 Å². The van der Waals surface area contributed by atoms with Crippen molar-refractivity contribution in [3.8, 4) is 0 Å². The first-order chi connectivity index (χ1) is 6.93. The van der Waals surface area contributed by atoms with Gasteiger partial charge in [0, 0.05) is 6.04 Å². The third-order valence-electron chi connectivity index (χ3n) is 2.52. The molecule has 0 saturated heterocycles. The standard InChI is InChI=1S/C10H20N2O3/c1-5-7(2)12(6-9(13)14)10(15)8(3)11-4/h7-8,11H,5-6H2,1-4H3,(H,13,14). The van der Waals surface area contributed by atoms with Crippen LogP contribution in [0, 0.1) is 0 Å². The SMILES string of the molecule is CCC(C)N(CC(=O)O)C(=O)C(C)NC. The van der Waals surface area contributed by atoms with Gasteiger partial charge in [0.05, 0.1) is 6.04 Å². The summed E-state index contributed by atoms with van der Waals surface area (Å²) in [5.74, 6) is -1.15. The van der Waals surface area contributed by atoms with Crippen LogP contribution in [0.4, 0.5) is 0 Å². The van der Waals surface area contributed by atoms with Crippen LogP contribution in [-0.2, 0) is 9.59 Å². The van der Waals surface area contributed by atoms with E-state index in [0.717, 1.165) is 6.42 Å². The van der Waals surface area contributed by atoms with Gasteiger partial charge >= 0.3 is 5.97 Å². The molecule has 0 rings (SSSR count). The first-order valence-corrected chi connectivity index (χ1v) is 5.13. The Morgan fingerprint density at radius 1 is 1.40 bits per heavy atom. The molecule has 0 aliphatic heterocycles. The van der Waals surface area contributed by atoms with Gasteiger partial charge in [0.25, 0.3) is 0 Å². The molecule has 0 aliphatic carbocycles. The number of nitrogens with one attached hydrogen (secondary N) is 1. The highest BCUT2D eigenvalue weighted by atomic mass is 16.4. The molecule has 0 heterocycles. The van der Waals surface area contributed by atoms with Crippen molar-refractivity contribution in [2.24, 2.45) is 0 Å². The van der Waals surface area contributed by atoms with Crippen molar-refractivity contribution in [1.82, 2.24) is 10.2 Å². The number of carboxylic acids is 1. The van der Waals surface area contributed by atoms with E-state index in [2.05, 4.69) is 5.32 Å². The number of carbonyl (C=O) groups excluding carboxylic acids is 1. The summed E-state index contributed by atoms with van der Waals surface area (Å²) in [7, 11) is 1.68. The molecule has 0 saturated carbocycles. The van der Waals surface area contributed by atoms with Gasteiger partial charge in [0.15, 0.2) is 0 Å². The Bertz CT molecular complexity index is 231. The van der Waals surface area contributed by atoms with Gasteiger partial charge in [0.1, 0.15) is 6.54 Å². The van der Waals surface area contributed by atoms with Crippen molar-refractivity contribution in [2.75, 3.05) is 13.6 Å². The van der Waals surface area contributed by atoms with Gasteiger partial charge in [0.2, 0.25) is 5.91 Å². The second-order valence-corrected chi connectivity index (χ2v) is 3.63. The molecule has 0 bridgehead atoms. The predicted molar refractivity (Wildman–Crippen MR) is 57.6 cm³/mol. The molecule has 15 heavy (non-hydrogen) atoms. The number of carbonyl (C=O) groups is 2. The Morgan fingerprint density at radius 2 is 1.93 bits per heavy atom. The van der Waals surface area contributed by atoms with Crippen LogP contribution >= 0.6 is 0 Å². The van der Waals surface area contributed by atoms with Gasteiger partial charge < -0.3 is 15.3 Å². The summed E-state index contributed by atoms with van der Waals surface area (Å²) in [5, 5.41) is 11.5. The Kier molecular flexibility index (Phi) is 5.93. The monoisotopic (exact) mass is 216 g/mol. The maximum Gasteiger partial charge on any atom is 0.323 e. The van der Waals surface area contributed by atoms with Gasteiger partial charge in [-0.2, -0.15) is 0 Å². The van der Waals surface area contributed by atoms with E-state index in [4.69, 9.17) is 5.11 Å². The largest absolute Gasteiger partial charge is 0.480 e. The molecular weight excluding hydrogens is 196 g/mol.